The highest BCUT2D eigenvalue weighted by Gasteiger charge is 2.24. The summed E-state index contributed by atoms with van der Waals surface area (Å²) in [5.41, 5.74) is 9.92. The Hall–Kier alpha value is -5.46. The van der Waals surface area contributed by atoms with Gasteiger partial charge in [0.1, 0.15) is 0 Å². The fourth-order valence-corrected chi connectivity index (χ4v) is 8.73. The van der Waals surface area contributed by atoms with Crippen LogP contribution in [0.15, 0.2) is 145 Å². The van der Waals surface area contributed by atoms with Crippen LogP contribution in [0.5, 0.6) is 0 Å². The van der Waals surface area contributed by atoms with Gasteiger partial charge in [-0.1, -0.05) is 153 Å². The van der Waals surface area contributed by atoms with E-state index in [0.717, 1.165) is 0 Å². The van der Waals surface area contributed by atoms with Gasteiger partial charge in [0.25, 0.3) is 0 Å². The smallest absolute Gasteiger partial charge is 0.00292 e. The summed E-state index contributed by atoms with van der Waals surface area (Å²) in [5.74, 6) is 0.953. The summed E-state index contributed by atoms with van der Waals surface area (Å²) in [4.78, 5) is 0. The minimum Gasteiger partial charge on any atom is -0.0911 e. The molecule has 0 spiro atoms. The number of hydrogen-bond acceptors (Lipinski definition) is 0. The van der Waals surface area contributed by atoms with E-state index in [-0.39, 0.29) is 0 Å². The van der Waals surface area contributed by atoms with Gasteiger partial charge in [-0.2, -0.15) is 0 Å². The molecule has 2 atom stereocenters. The molecular weight excluding hydrogens is 589 g/mol. The molecule has 0 amide bonds. The third-order valence-electron chi connectivity index (χ3n) is 11.5. The molecule has 9 aromatic carbocycles. The Kier molecular flexibility index (Phi) is 6.85. The van der Waals surface area contributed by atoms with Crippen LogP contribution in [0.4, 0.5) is 0 Å². The first-order chi connectivity index (χ1) is 23.9. The minimum absolute atomic E-state index is 0.444. The van der Waals surface area contributed by atoms with Crippen molar-refractivity contribution in [2.75, 3.05) is 0 Å². The third kappa shape index (κ3) is 4.51. The maximum absolute atomic E-state index is 2.42. The Morgan fingerprint density at radius 2 is 1.02 bits per heavy atom. The zero-order valence-corrected chi connectivity index (χ0v) is 28.9. The maximum Gasteiger partial charge on any atom is 0.00292 e. The fourth-order valence-electron chi connectivity index (χ4n) is 8.73. The summed E-state index contributed by atoms with van der Waals surface area (Å²) in [7, 11) is 0. The second kappa shape index (κ2) is 11.3. The second-order valence-electron chi connectivity index (χ2n) is 14.1. The van der Waals surface area contributed by atoms with Crippen molar-refractivity contribution in [1.29, 1.82) is 0 Å². The molecule has 0 N–H and O–H groups in total. The topological polar surface area (TPSA) is 0 Å². The van der Waals surface area contributed by atoms with Gasteiger partial charge >= 0.3 is 0 Å². The Bertz CT molecular complexity index is 2740. The molecule has 49 heavy (non-hydrogen) atoms. The molecule has 1 aliphatic carbocycles. The van der Waals surface area contributed by atoms with E-state index in [9.17, 15) is 0 Å². The zero-order chi connectivity index (χ0) is 33.4. The van der Waals surface area contributed by atoms with Crippen LogP contribution in [0.2, 0.25) is 0 Å². The number of rotatable bonds is 3. The molecule has 0 bridgehead atoms. The normalized spacial score (nSPS) is 15.4. The first-order valence-electron chi connectivity index (χ1n) is 17.7. The molecule has 10 rings (SSSR count). The zero-order valence-electron chi connectivity index (χ0n) is 28.9. The fraction of sp³-hybridized carbons (Fsp3) is 0.143. The lowest BCUT2D eigenvalue weighted by molar-refractivity contribution is 0.920. The van der Waals surface area contributed by atoms with E-state index >= 15 is 0 Å². The van der Waals surface area contributed by atoms with Crippen LogP contribution < -0.4 is 0 Å². The first-order valence-corrected chi connectivity index (χ1v) is 17.7. The Morgan fingerprint density at radius 3 is 1.63 bits per heavy atom. The second-order valence-corrected chi connectivity index (χ2v) is 14.1. The molecule has 0 saturated carbocycles. The van der Waals surface area contributed by atoms with Gasteiger partial charge in [0.2, 0.25) is 0 Å². The lowest BCUT2D eigenvalue weighted by Crippen LogP contribution is -1.93. The molecule has 2 unspecified atom stereocenters. The summed E-state index contributed by atoms with van der Waals surface area (Å²) >= 11 is 0. The molecule has 0 saturated heterocycles. The van der Waals surface area contributed by atoms with Gasteiger partial charge in [0.15, 0.2) is 0 Å². The maximum atomic E-state index is 2.42. The highest BCUT2D eigenvalue weighted by atomic mass is 14.3. The summed E-state index contributed by atoms with van der Waals surface area (Å²) in [6, 6.07) is 47.5. The summed E-state index contributed by atoms with van der Waals surface area (Å²) in [6.45, 7) is 11.2. The highest BCUT2D eigenvalue weighted by molar-refractivity contribution is 6.26. The van der Waals surface area contributed by atoms with Crippen LogP contribution in [0.1, 0.15) is 63.1 Å². The van der Waals surface area contributed by atoms with Gasteiger partial charge in [0, 0.05) is 5.92 Å². The number of hydrogen-bond donors (Lipinski definition) is 0. The van der Waals surface area contributed by atoms with E-state index in [1.807, 2.05) is 0 Å². The molecular formula is C49H40. The van der Waals surface area contributed by atoms with E-state index in [1.54, 1.807) is 0 Å². The van der Waals surface area contributed by atoms with Crippen LogP contribution in [0.3, 0.4) is 0 Å². The predicted molar refractivity (Wildman–Crippen MR) is 216 cm³/mol. The predicted octanol–water partition coefficient (Wildman–Crippen LogP) is 14.4. The van der Waals surface area contributed by atoms with Gasteiger partial charge in [-0.25, -0.2) is 0 Å². The largest absolute Gasteiger partial charge is 0.0911 e. The minimum atomic E-state index is 0.444. The van der Waals surface area contributed by atoms with E-state index in [2.05, 4.69) is 174 Å². The van der Waals surface area contributed by atoms with E-state index in [1.165, 1.54) is 104 Å². The average molecular weight is 629 g/mol. The summed E-state index contributed by atoms with van der Waals surface area (Å²) < 4.78 is 0. The summed E-state index contributed by atoms with van der Waals surface area (Å²) in [6.07, 6.45) is 4.41. The van der Waals surface area contributed by atoms with Gasteiger partial charge < -0.3 is 0 Å². The first kappa shape index (κ1) is 29.7. The van der Waals surface area contributed by atoms with Crippen LogP contribution >= 0.6 is 0 Å². The Labute approximate surface area is 288 Å². The molecule has 0 aromatic heterocycles. The van der Waals surface area contributed by atoms with Gasteiger partial charge in [0.05, 0.1) is 0 Å². The molecule has 0 fully saturated rings. The summed E-state index contributed by atoms with van der Waals surface area (Å²) in [5, 5.41) is 16.3. The molecule has 0 nitrogen and oxygen atoms in total. The van der Waals surface area contributed by atoms with Crippen molar-refractivity contribution >= 4 is 70.2 Å². The quantitative estimate of drug-likeness (QED) is 0.135. The molecule has 0 radical (unpaired) electrons. The van der Waals surface area contributed by atoms with Crippen molar-refractivity contribution in [3.8, 4) is 11.1 Å². The number of benzene rings is 9. The molecule has 9 aromatic rings. The average Bonchev–Trinajstić information content (AvgIpc) is 3.36. The lowest BCUT2D eigenvalue weighted by Gasteiger charge is -2.16. The van der Waals surface area contributed by atoms with Crippen molar-refractivity contribution in [3.05, 3.63) is 162 Å². The van der Waals surface area contributed by atoms with Gasteiger partial charge in [-0.3, -0.25) is 0 Å². The number of fused-ring (bicyclic) bond motifs is 1. The van der Waals surface area contributed by atoms with Crippen molar-refractivity contribution in [2.24, 2.45) is 0 Å². The van der Waals surface area contributed by atoms with E-state index in [0.29, 0.717) is 11.8 Å². The van der Waals surface area contributed by atoms with Crippen molar-refractivity contribution in [1.82, 2.24) is 0 Å². The third-order valence-corrected chi connectivity index (χ3v) is 11.5. The van der Waals surface area contributed by atoms with Gasteiger partial charge in [-0.05, 0) is 131 Å². The SMILES string of the molecule is C/C=C\C(C)c1ccc2ccc3cccc4ccc1c2c34.CC1=C(C)C(C)c2cc(-c3ccc4ccc5cccc6ccc3c4c56)ccc21. The van der Waals surface area contributed by atoms with Crippen LogP contribution in [0, 0.1) is 0 Å². The Balaban J connectivity index is 0.000000138. The molecule has 0 heteroatoms. The van der Waals surface area contributed by atoms with E-state index < -0.39 is 0 Å². The van der Waals surface area contributed by atoms with Gasteiger partial charge in [-0.15, -0.1) is 0 Å². The Morgan fingerprint density at radius 1 is 0.531 bits per heavy atom. The van der Waals surface area contributed by atoms with Crippen molar-refractivity contribution < 1.29 is 0 Å². The molecule has 0 aliphatic heterocycles. The van der Waals surface area contributed by atoms with Crippen LogP contribution in [-0.2, 0) is 0 Å². The molecule has 0 heterocycles. The molecule has 1 aliphatic rings. The van der Waals surface area contributed by atoms with Crippen molar-refractivity contribution in [2.45, 2.75) is 46.5 Å². The van der Waals surface area contributed by atoms with Crippen LogP contribution in [-0.4, -0.2) is 0 Å². The van der Waals surface area contributed by atoms with Crippen molar-refractivity contribution in [3.63, 3.8) is 0 Å². The van der Waals surface area contributed by atoms with E-state index in [4.69, 9.17) is 0 Å². The van der Waals surface area contributed by atoms with Crippen LogP contribution in [0.25, 0.3) is 81.3 Å². The monoisotopic (exact) mass is 628 g/mol. The molecule has 236 valence electrons. The number of allylic oxidation sites excluding steroid dienone is 4. The highest BCUT2D eigenvalue weighted by Crippen LogP contribution is 2.45. The standard InChI is InChI=1S/C28H22.C21H18/c1-16-17(2)23-12-11-22(15-26(23)18(16)3)24-13-9-21-8-7-19-5-4-6-20-10-14-25(24)28(21)27(19)20;1-3-5-14(2)18-12-10-17-9-8-15-6-4-7-16-11-13-19(18)21(17)20(15)16/h4-15,18H,1-3H3;3-14H,1-2H3/b;5-3-. The lowest BCUT2D eigenvalue weighted by atomic mass is 9.88.